The fraction of sp³-hybridized carbons (Fsp3) is 0.435. The second-order valence-corrected chi connectivity index (χ2v) is 7.43. The molecule has 1 fully saturated rings. The predicted octanol–water partition coefficient (Wildman–Crippen LogP) is 6.59. The van der Waals surface area contributed by atoms with Gasteiger partial charge in [-0.1, -0.05) is 55.9 Å². The molecule has 2 aromatic carbocycles. The molecular weight excluding hydrogens is 306 g/mol. The third-order valence-corrected chi connectivity index (χ3v) is 5.24. The number of phenols is 1. The SMILES string of the molecule is Cc1ccc(N=Cc2cc(C)cc(C3CCCCCCC3)c2O)cc1. The quantitative estimate of drug-likeness (QED) is 0.631. The molecule has 1 aliphatic rings. The smallest absolute Gasteiger partial charge is 0.127 e. The fourth-order valence-electron chi connectivity index (χ4n) is 3.79. The molecule has 2 nitrogen and oxygen atoms in total. The lowest BCUT2D eigenvalue weighted by Gasteiger charge is -2.22. The van der Waals surface area contributed by atoms with Gasteiger partial charge >= 0.3 is 0 Å². The van der Waals surface area contributed by atoms with Crippen molar-refractivity contribution in [1.29, 1.82) is 0 Å². The predicted molar refractivity (Wildman–Crippen MR) is 106 cm³/mol. The molecule has 1 saturated carbocycles. The van der Waals surface area contributed by atoms with Crippen LogP contribution in [0.2, 0.25) is 0 Å². The fourth-order valence-corrected chi connectivity index (χ4v) is 3.79. The molecule has 25 heavy (non-hydrogen) atoms. The van der Waals surface area contributed by atoms with Crippen LogP contribution in [-0.2, 0) is 0 Å². The summed E-state index contributed by atoms with van der Waals surface area (Å²) in [5, 5.41) is 10.9. The summed E-state index contributed by atoms with van der Waals surface area (Å²) in [6, 6.07) is 12.3. The number of phenolic OH excluding ortho intramolecular Hbond substituents is 1. The van der Waals surface area contributed by atoms with Gasteiger partial charge in [0.05, 0.1) is 5.69 Å². The molecule has 3 rings (SSSR count). The maximum absolute atomic E-state index is 10.9. The van der Waals surface area contributed by atoms with Crippen LogP contribution >= 0.6 is 0 Å². The topological polar surface area (TPSA) is 32.6 Å². The van der Waals surface area contributed by atoms with Crippen LogP contribution < -0.4 is 0 Å². The Hall–Kier alpha value is -2.09. The number of hydrogen-bond donors (Lipinski definition) is 1. The number of aryl methyl sites for hydroxylation is 2. The highest BCUT2D eigenvalue weighted by Gasteiger charge is 2.19. The largest absolute Gasteiger partial charge is 0.507 e. The first-order valence-corrected chi connectivity index (χ1v) is 9.58. The van der Waals surface area contributed by atoms with Crippen molar-refractivity contribution in [3.63, 3.8) is 0 Å². The number of aliphatic imine (C=N–C) groups is 1. The summed E-state index contributed by atoms with van der Waals surface area (Å²) >= 11 is 0. The average molecular weight is 335 g/mol. The van der Waals surface area contributed by atoms with E-state index < -0.39 is 0 Å². The van der Waals surface area contributed by atoms with Crippen molar-refractivity contribution in [2.45, 2.75) is 64.7 Å². The maximum atomic E-state index is 10.9. The molecule has 0 aliphatic heterocycles. The molecular formula is C23H29NO. The van der Waals surface area contributed by atoms with Crippen LogP contribution in [0, 0.1) is 13.8 Å². The van der Waals surface area contributed by atoms with Gasteiger partial charge < -0.3 is 5.11 Å². The van der Waals surface area contributed by atoms with E-state index in [1.807, 2.05) is 18.2 Å². The Labute approximate surface area is 151 Å². The van der Waals surface area contributed by atoms with E-state index in [1.54, 1.807) is 6.21 Å². The summed E-state index contributed by atoms with van der Waals surface area (Å²) in [6.45, 7) is 4.18. The Morgan fingerprint density at radius 3 is 2.20 bits per heavy atom. The second kappa shape index (κ2) is 8.33. The molecule has 0 atom stereocenters. The first-order valence-electron chi connectivity index (χ1n) is 9.58. The Morgan fingerprint density at radius 2 is 1.52 bits per heavy atom. The van der Waals surface area contributed by atoms with Crippen LogP contribution in [-0.4, -0.2) is 11.3 Å². The summed E-state index contributed by atoms with van der Waals surface area (Å²) in [4.78, 5) is 4.55. The van der Waals surface area contributed by atoms with Gasteiger partial charge in [0.1, 0.15) is 5.75 Å². The van der Waals surface area contributed by atoms with Crippen molar-refractivity contribution in [3.05, 3.63) is 58.7 Å². The number of nitrogens with zero attached hydrogens (tertiary/aromatic N) is 1. The van der Waals surface area contributed by atoms with Crippen molar-refractivity contribution in [1.82, 2.24) is 0 Å². The van der Waals surface area contributed by atoms with E-state index in [1.165, 1.54) is 56.1 Å². The molecule has 0 amide bonds. The first-order chi connectivity index (χ1) is 12.1. The lowest BCUT2D eigenvalue weighted by molar-refractivity contribution is 0.423. The Kier molecular flexibility index (Phi) is 5.91. The summed E-state index contributed by atoms with van der Waals surface area (Å²) in [5.74, 6) is 0.902. The van der Waals surface area contributed by atoms with Gasteiger partial charge in [-0.3, -0.25) is 4.99 Å². The van der Waals surface area contributed by atoms with Gasteiger partial charge in [0.2, 0.25) is 0 Å². The third kappa shape index (κ3) is 4.72. The standard InChI is InChI=1S/C23H29NO/c1-17-10-12-21(13-11-17)24-16-20-14-18(2)15-22(23(20)25)19-8-6-4-3-5-7-9-19/h10-16,19,25H,3-9H2,1-2H3. The van der Waals surface area contributed by atoms with Gasteiger partial charge in [0.15, 0.2) is 0 Å². The molecule has 1 aliphatic carbocycles. The van der Waals surface area contributed by atoms with E-state index in [0.29, 0.717) is 11.7 Å². The van der Waals surface area contributed by atoms with Crippen LogP contribution in [0.25, 0.3) is 0 Å². The van der Waals surface area contributed by atoms with Crippen molar-refractivity contribution >= 4 is 11.9 Å². The van der Waals surface area contributed by atoms with Crippen molar-refractivity contribution in [2.75, 3.05) is 0 Å². The van der Waals surface area contributed by atoms with Crippen molar-refractivity contribution in [3.8, 4) is 5.75 Å². The summed E-state index contributed by atoms with van der Waals surface area (Å²) in [7, 11) is 0. The zero-order valence-electron chi connectivity index (χ0n) is 15.5. The van der Waals surface area contributed by atoms with Crippen LogP contribution in [0.4, 0.5) is 5.69 Å². The molecule has 0 spiro atoms. The highest BCUT2D eigenvalue weighted by molar-refractivity contribution is 5.86. The first kappa shape index (κ1) is 17.7. The van der Waals surface area contributed by atoms with Gasteiger partial charge in [-0.25, -0.2) is 0 Å². The van der Waals surface area contributed by atoms with E-state index in [-0.39, 0.29) is 0 Å². The van der Waals surface area contributed by atoms with Crippen molar-refractivity contribution < 1.29 is 5.11 Å². The summed E-state index contributed by atoms with van der Waals surface area (Å²) < 4.78 is 0. The third-order valence-electron chi connectivity index (χ3n) is 5.24. The average Bonchev–Trinajstić information content (AvgIpc) is 2.57. The van der Waals surface area contributed by atoms with Crippen LogP contribution in [0.1, 0.15) is 73.1 Å². The number of rotatable bonds is 3. The van der Waals surface area contributed by atoms with Crippen LogP contribution in [0.3, 0.4) is 0 Å². The lowest BCUT2D eigenvalue weighted by Crippen LogP contribution is -2.04. The van der Waals surface area contributed by atoms with E-state index in [0.717, 1.165) is 16.8 Å². The van der Waals surface area contributed by atoms with E-state index in [2.05, 4.69) is 37.0 Å². The molecule has 1 N–H and O–H groups in total. The molecule has 2 heteroatoms. The van der Waals surface area contributed by atoms with E-state index in [4.69, 9.17) is 0 Å². The molecule has 2 aromatic rings. The van der Waals surface area contributed by atoms with E-state index >= 15 is 0 Å². The maximum Gasteiger partial charge on any atom is 0.127 e. The molecule has 0 bridgehead atoms. The van der Waals surface area contributed by atoms with Crippen molar-refractivity contribution in [2.24, 2.45) is 4.99 Å². The summed E-state index contributed by atoms with van der Waals surface area (Å²) in [6.07, 6.45) is 10.7. The number of aromatic hydroxyl groups is 1. The van der Waals surface area contributed by atoms with Gasteiger partial charge in [-0.05, 0) is 61.9 Å². The van der Waals surface area contributed by atoms with E-state index in [9.17, 15) is 5.11 Å². The molecule has 0 unspecified atom stereocenters. The molecule has 0 heterocycles. The Morgan fingerprint density at radius 1 is 0.880 bits per heavy atom. The van der Waals surface area contributed by atoms with Crippen LogP contribution in [0.15, 0.2) is 41.4 Å². The zero-order valence-corrected chi connectivity index (χ0v) is 15.5. The highest BCUT2D eigenvalue weighted by atomic mass is 16.3. The van der Waals surface area contributed by atoms with Gasteiger partial charge in [-0.15, -0.1) is 0 Å². The monoisotopic (exact) mass is 335 g/mol. The zero-order chi connectivity index (χ0) is 17.6. The number of hydrogen-bond acceptors (Lipinski definition) is 2. The molecule has 0 aromatic heterocycles. The second-order valence-electron chi connectivity index (χ2n) is 7.43. The minimum atomic E-state index is 0.423. The molecule has 0 radical (unpaired) electrons. The van der Waals surface area contributed by atoms with Gasteiger partial charge in [0, 0.05) is 11.8 Å². The van der Waals surface area contributed by atoms with Gasteiger partial charge in [-0.2, -0.15) is 0 Å². The normalized spacial score (nSPS) is 16.7. The minimum absolute atomic E-state index is 0.423. The molecule has 0 saturated heterocycles. The van der Waals surface area contributed by atoms with Crippen LogP contribution in [0.5, 0.6) is 5.75 Å². The molecule has 132 valence electrons. The minimum Gasteiger partial charge on any atom is -0.507 e. The van der Waals surface area contributed by atoms with Gasteiger partial charge in [0.25, 0.3) is 0 Å². The number of benzene rings is 2. The Bertz CT molecular complexity index is 723. The lowest BCUT2D eigenvalue weighted by atomic mass is 9.84. The highest BCUT2D eigenvalue weighted by Crippen LogP contribution is 2.37. The Balaban J connectivity index is 1.87. The summed E-state index contributed by atoms with van der Waals surface area (Å²) in [5.41, 5.74) is 5.29.